The van der Waals surface area contributed by atoms with Gasteiger partial charge in [-0.3, -0.25) is 4.98 Å². The third-order valence-electron chi connectivity index (χ3n) is 2.59. The quantitative estimate of drug-likeness (QED) is 0.803. The molecule has 0 saturated carbocycles. The second-order valence-corrected chi connectivity index (χ2v) is 6.78. The highest BCUT2D eigenvalue weighted by molar-refractivity contribution is 7.99. The maximum absolute atomic E-state index is 9.12. The highest BCUT2D eigenvalue weighted by Gasteiger charge is 2.18. The molecule has 0 spiro atoms. The van der Waals surface area contributed by atoms with Crippen LogP contribution in [0.4, 0.5) is 0 Å². The van der Waals surface area contributed by atoms with Crippen LogP contribution in [0.5, 0.6) is 0 Å². The SMILES string of the molecule is N[C@H](CO)C[C@@H](Sc1cccc(Cl)c1)c1cncs1. The molecule has 0 bridgehead atoms. The van der Waals surface area contributed by atoms with Gasteiger partial charge in [0.2, 0.25) is 0 Å². The average molecular weight is 315 g/mol. The predicted molar refractivity (Wildman–Crippen MR) is 81.8 cm³/mol. The van der Waals surface area contributed by atoms with Crippen LogP contribution in [0.15, 0.2) is 40.9 Å². The van der Waals surface area contributed by atoms with Crippen LogP contribution >= 0.6 is 34.7 Å². The van der Waals surface area contributed by atoms with E-state index in [2.05, 4.69) is 4.98 Å². The lowest BCUT2D eigenvalue weighted by atomic mass is 10.1. The van der Waals surface area contributed by atoms with E-state index in [9.17, 15) is 0 Å². The molecule has 3 nitrogen and oxygen atoms in total. The number of rotatable bonds is 6. The van der Waals surface area contributed by atoms with Crippen molar-refractivity contribution in [2.75, 3.05) is 6.61 Å². The minimum atomic E-state index is -0.223. The van der Waals surface area contributed by atoms with Crippen molar-refractivity contribution in [3.05, 3.63) is 45.9 Å². The summed E-state index contributed by atoms with van der Waals surface area (Å²) in [5.74, 6) is 0. The molecular formula is C13H15ClN2OS2. The van der Waals surface area contributed by atoms with Crippen molar-refractivity contribution in [2.24, 2.45) is 5.73 Å². The fourth-order valence-corrected chi connectivity index (χ4v) is 4.04. The van der Waals surface area contributed by atoms with Crippen LogP contribution in [0.2, 0.25) is 5.02 Å². The van der Waals surface area contributed by atoms with E-state index in [0.717, 1.165) is 14.8 Å². The van der Waals surface area contributed by atoms with Crippen molar-refractivity contribution in [3.8, 4) is 0 Å². The summed E-state index contributed by atoms with van der Waals surface area (Å²) >= 11 is 9.30. The molecule has 0 unspecified atom stereocenters. The zero-order valence-corrected chi connectivity index (χ0v) is 12.6. The van der Waals surface area contributed by atoms with Crippen molar-refractivity contribution < 1.29 is 5.11 Å². The van der Waals surface area contributed by atoms with Crippen LogP contribution < -0.4 is 5.73 Å². The monoisotopic (exact) mass is 314 g/mol. The minimum absolute atomic E-state index is 0.00852. The van der Waals surface area contributed by atoms with Gasteiger partial charge in [-0.2, -0.15) is 0 Å². The Morgan fingerprint density at radius 2 is 2.32 bits per heavy atom. The number of aromatic nitrogens is 1. The summed E-state index contributed by atoms with van der Waals surface area (Å²) in [7, 11) is 0. The van der Waals surface area contributed by atoms with E-state index in [1.165, 1.54) is 0 Å². The van der Waals surface area contributed by atoms with E-state index in [-0.39, 0.29) is 17.9 Å². The van der Waals surface area contributed by atoms with Gasteiger partial charge in [0.15, 0.2) is 0 Å². The first-order valence-electron chi connectivity index (χ1n) is 5.86. The van der Waals surface area contributed by atoms with Crippen molar-refractivity contribution in [3.63, 3.8) is 0 Å². The molecule has 1 aromatic carbocycles. The van der Waals surface area contributed by atoms with Crippen molar-refractivity contribution in [1.82, 2.24) is 4.98 Å². The Kier molecular flexibility index (Phi) is 5.66. The van der Waals surface area contributed by atoms with Gasteiger partial charge in [-0.1, -0.05) is 17.7 Å². The van der Waals surface area contributed by atoms with Crippen LogP contribution in [0, 0.1) is 0 Å². The number of aliphatic hydroxyl groups excluding tert-OH is 1. The number of halogens is 1. The predicted octanol–water partition coefficient (Wildman–Crippen LogP) is 3.34. The van der Waals surface area contributed by atoms with Crippen molar-refractivity contribution in [1.29, 1.82) is 0 Å². The zero-order valence-electron chi connectivity index (χ0n) is 10.2. The summed E-state index contributed by atoms with van der Waals surface area (Å²) in [6, 6.07) is 7.52. The Hall–Kier alpha value is -0.590. The fraction of sp³-hybridized carbons (Fsp3) is 0.308. The Morgan fingerprint density at radius 1 is 1.47 bits per heavy atom. The van der Waals surface area contributed by atoms with Gasteiger partial charge in [0.1, 0.15) is 0 Å². The Labute approximate surface area is 125 Å². The highest BCUT2D eigenvalue weighted by Crippen LogP contribution is 2.40. The molecule has 1 heterocycles. The van der Waals surface area contributed by atoms with E-state index in [4.69, 9.17) is 22.4 Å². The number of thiazole rings is 1. The molecule has 0 aliphatic heterocycles. The average Bonchev–Trinajstić information content (AvgIpc) is 2.91. The van der Waals surface area contributed by atoms with Crippen molar-refractivity contribution in [2.45, 2.75) is 22.6 Å². The standard InChI is InChI=1S/C13H15ClN2OS2/c14-9-2-1-3-11(4-9)19-12(5-10(15)7-17)13-6-16-8-18-13/h1-4,6,8,10,12,17H,5,7,15H2/t10-,12+/m0/s1. The van der Waals surface area contributed by atoms with Crippen LogP contribution in [0.1, 0.15) is 16.5 Å². The second kappa shape index (κ2) is 7.26. The lowest BCUT2D eigenvalue weighted by Gasteiger charge is -2.18. The van der Waals surface area contributed by atoms with Gasteiger partial charge in [0.25, 0.3) is 0 Å². The molecule has 0 aliphatic carbocycles. The van der Waals surface area contributed by atoms with Gasteiger partial charge < -0.3 is 10.8 Å². The van der Waals surface area contributed by atoms with E-state index in [1.54, 1.807) is 23.1 Å². The lowest BCUT2D eigenvalue weighted by Crippen LogP contribution is -2.25. The van der Waals surface area contributed by atoms with Gasteiger partial charge in [-0.25, -0.2) is 0 Å². The Balaban J connectivity index is 2.14. The molecule has 1 aromatic heterocycles. The molecule has 2 atom stereocenters. The molecule has 0 amide bonds. The van der Waals surface area contributed by atoms with Crippen LogP contribution in [-0.2, 0) is 0 Å². The summed E-state index contributed by atoms with van der Waals surface area (Å²) in [6.07, 6.45) is 2.56. The Bertz CT molecular complexity index is 507. The highest BCUT2D eigenvalue weighted by atomic mass is 35.5. The molecular weight excluding hydrogens is 300 g/mol. The van der Waals surface area contributed by atoms with Crippen LogP contribution in [0.25, 0.3) is 0 Å². The van der Waals surface area contributed by atoms with Crippen LogP contribution in [0.3, 0.4) is 0 Å². The largest absolute Gasteiger partial charge is 0.395 e. The van der Waals surface area contributed by atoms with E-state index < -0.39 is 0 Å². The van der Waals surface area contributed by atoms with Gasteiger partial charge in [0, 0.05) is 32.3 Å². The minimum Gasteiger partial charge on any atom is -0.395 e. The summed E-state index contributed by atoms with van der Waals surface area (Å²) < 4.78 is 0. The van der Waals surface area contributed by atoms with E-state index in [0.29, 0.717) is 6.42 Å². The van der Waals surface area contributed by atoms with E-state index in [1.807, 2.05) is 36.0 Å². The number of aliphatic hydroxyl groups is 1. The number of nitrogens with two attached hydrogens (primary N) is 1. The first-order valence-corrected chi connectivity index (χ1v) is 8.00. The van der Waals surface area contributed by atoms with Gasteiger partial charge in [-0.15, -0.1) is 23.1 Å². The third-order valence-corrected chi connectivity index (χ3v) is 5.13. The van der Waals surface area contributed by atoms with Crippen LogP contribution in [-0.4, -0.2) is 22.7 Å². The molecule has 2 aromatic rings. The number of thioether (sulfide) groups is 1. The number of hydrogen-bond acceptors (Lipinski definition) is 5. The summed E-state index contributed by atoms with van der Waals surface area (Å²) in [6.45, 7) is -0.00852. The number of nitrogens with zero attached hydrogens (tertiary/aromatic N) is 1. The molecule has 6 heteroatoms. The van der Waals surface area contributed by atoms with Crippen molar-refractivity contribution >= 4 is 34.7 Å². The molecule has 102 valence electrons. The summed E-state index contributed by atoms with van der Waals surface area (Å²) in [4.78, 5) is 6.37. The maximum Gasteiger partial charge on any atom is 0.0794 e. The van der Waals surface area contributed by atoms with Gasteiger partial charge in [0.05, 0.1) is 12.1 Å². The molecule has 19 heavy (non-hydrogen) atoms. The first kappa shape index (κ1) is 14.8. The third kappa shape index (κ3) is 4.47. The number of benzene rings is 1. The second-order valence-electron chi connectivity index (χ2n) is 4.15. The number of hydrogen-bond donors (Lipinski definition) is 2. The molecule has 3 N–H and O–H groups in total. The smallest absolute Gasteiger partial charge is 0.0794 e. The summed E-state index contributed by atoms with van der Waals surface area (Å²) in [5.41, 5.74) is 7.67. The first-order chi connectivity index (χ1) is 9.19. The molecule has 2 rings (SSSR count). The molecule has 0 aliphatic rings. The fourth-order valence-electron chi connectivity index (χ4n) is 1.66. The van der Waals surface area contributed by atoms with Gasteiger partial charge >= 0.3 is 0 Å². The zero-order chi connectivity index (χ0) is 13.7. The lowest BCUT2D eigenvalue weighted by molar-refractivity contribution is 0.260. The van der Waals surface area contributed by atoms with E-state index >= 15 is 0 Å². The molecule has 0 fully saturated rings. The maximum atomic E-state index is 9.12. The molecule has 0 radical (unpaired) electrons. The Morgan fingerprint density at radius 3 is 2.95 bits per heavy atom. The topological polar surface area (TPSA) is 59.1 Å². The normalized spacial score (nSPS) is 14.3. The van der Waals surface area contributed by atoms with Gasteiger partial charge in [-0.05, 0) is 24.6 Å². The summed E-state index contributed by atoms with van der Waals surface area (Å²) in [5, 5.41) is 10.0. The molecule has 0 saturated heterocycles.